The highest BCUT2D eigenvalue weighted by Crippen LogP contribution is 2.29. The Morgan fingerprint density at radius 2 is 1.90 bits per heavy atom. The summed E-state index contributed by atoms with van der Waals surface area (Å²) in [5, 5.41) is 9.02. The number of rotatable bonds is 0. The van der Waals surface area contributed by atoms with Crippen LogP contribution in [0, 0.1) is 11.3 Å². The highest BCUT2D eigenvalue weighted by atomic mass is 16.2. The van der Waals surface area contributed by atoms with E-state index in [0.717, 1.165) is 22.4 Å². The van der Waals surface area contributed by atoms with Gasteiger partial charge in [0.25, 0.3) is 0 Å². The van der Waals surface area contributed by atoms with Gasteiger partial charge in [-0.1, -0.05) is 36.4 Å². The number of nitrogens with zero attached hydrogens (tertiary/aromatic N) is 2. The number of hydrogen-bond acceptors (Lipinski definition) is 2. The molecule has 0 aliphatic carbocycles. The number of para-hydroxylation sites is 1. The summed E-state index contributed by atoms with van der Waals surface area (Å²) in [6.45, 7) is 2.09. The van der Waals surface area contributed by atoms with Gasteiger partial charge in [-0.05, 0) is 34.9 Å². The van der Waals surface area contributed by atoms with Gasteiger partial charge in [0.1, 0.15) is 0 Å². The predicted molar refractivity (Wildman–Crippen MR) is 83.4 cm³/mol. The van der Waals surface area contributed by atoms with Crippen LogP contribution in [0.3, 0.4) is 0 Å². The largest absolute Gasteiger partial charge is 0.308 e. The Kier molecular flexibility index (Phi) is 3.29. The van der Waals surface area contributed by atoms with Crippen molar-refractivity contribution in [2.75, 3.05) is 4.90 Å². The van der Waals surface area contributed by atoms with Crippen LogP contribution in [0.4, 0.5) is 5.69 Å². The van der Waals surface area contributed by atoms with Crippen molar-refractivity contribution in [3.63, 3.8) is 0 Å². The van der Waals surface area contributed by atoms with Gasteiger partial charge >= 0.3 is 0 Å². The maximum absolute atomic E-state index is 12.0. The van der Waals surface area contributed by atoms with Crippen LogP contribution < -0.4 is 4.90 Å². The molecule has 102 valence electrons. The van der Waals surface area contributed by atoms with Gasteiger partial charge in [-0.3, -0.25) is 4.79 Å². The van der Waals surface area contributed by atoms with E-state index in [0.29, 0.717) is 12.1 Å². The van der Waals surface area contributed by atoms with E-state index in [2.05, 4.69) is 6.07 Å². The van der Waals surface area contributed by atoms with Crippen molar-refractivity contribution in [2.45, 2.75) is 13.5 Å². The summed E-state index contributed by atoms with van der Waals surface area (Å²) < 4.78 is 0. The highest BCUT2D eigenvalue weighted by molar-refractivity contribution is 5.95. The van der Waals surface area contributed by atoms with Gasteiger partial charge in [-0.2, -0.15) is 5.26 Å². The molecule has 3 rings (SSSR count). The second-order valence-corrected chi connectivity index (χ2v) is 5.02. The predicted octanol–water partition coefficient (Wildman–Crippen LogP) is 3.60. The van der Waals surface area contributed by atoms with Crippen molar-refractivity contribution in [1.29, 1.82) is 5.26 Å². The van der Waals surface area contributed by atoms with Crippen molar-refractivity contribution in [3.05, 3.63) is 64.7 Å². The lowest BCUT2D eigenvalue weighted by molar-refractivity contribution is -0.116. The Morgan fingerprint density at radius 1 is 1.14 bits per heavy atom. The molecule has 0 fully saturated rings. The normalized spacial score (nSPS) is 12.7. The molecule has 0 saturated carbocycles. The second-order valence-electron chi connectivity index (χ2n) is 5.02. The molecule has 21 heavy (non-hydrogen) atoms. The number of carbonyl (C=O) groups excluding carboxylic acids is 1. The zero-order valence-electron chi connectivity index (χ0n) is 11.7. The van der Waals surface area contributed by atoms with Gasteiger partial charge in [-0.15, -0.1) is 0 Å². The maximum Gasteiger partial charge on any atom is 0.224 e. The first kappa shape index (κ1) is 13.1. The summed E-state index contributed by atoms with van der Waals surface area (Å²) in [5.74, 6) is 0.00746. The standard InChI is InChI=1S/C18H14N2O/c1-13(21)20-12-17-7-6-14(11-19)10-16(17)9-8-15-4-2-3-5-18(15)20/h2-10H,12H2,1H3. The third-order valence-corrected chi connectivity index (χ3v) is 3.65. The van der Waals surface area contributed by atoms with Crippen LogP contribution in [0.5, 0.6) is 0 Å². The van der Waals surface area contributed by atoms with E-state index >= 15 is 0 Å². The van der Waals surface area contributed by atoms with E-state index in [1.165, 1.54) is 0 Å². The lowest BCUT2D eigenvalue weighted by Gasteiger charge is -2.25. The van der Waals surface area contributed by atoms with Crippen molar-refractivity contribution in [3.8, 4) is 6.07 Å². The Hall–Kier alpha value is -2.86. The molecule has 0 saturated heterocycles. The van der Waals surface area contributed by atoms with E-state index in [-0.39, 0.29) is 5.91 Å². The fraction of sp³-hybridized carbons (Fsp3) is 0.111. The molecule has 0 N–H and O–H groups in total. The minimum absolute atomic E-state index is 0.00746. The lowest BCUT2D eigenvalue weighted by atomic mass is 9.99. The van der Waals surface area contributed by atoms with Crippen molar-refractivity contribution < 1.29 is 4.79 Å². The molecule has 2 aromatic rings. The molecule has 2 aromatic carbocycles. The number of fused-ring (bicyclic) bond motifs is 2. The molecule has 0 radical (unpaired) electrons. The summed E-state index contributed by atoms with van der Waals surface area (Å²) in [6, 6.07) is 15.5. The minimum Gasteiger partial charge on any atom is -0.308 e. The fourth-order valence-corrected chi connectivity index (χ4v) is 2.55. The van der Waals surface area contributed by atoms with Gasteiger partial charge in [0.2, 0.25) is 5.91 Å². The zero-order valence-corrected chi connectivity index (χ0v) is 11.7. The molecule has 0 aromatic heterocycles. The third kappa shape index (κ3) is 2.44. The van der Waals surface area contributed by atoms with Crippen LogP contribution in [0.25, 0.3) is 12.2 Å². The smallest absolute Gasteiger partial charge is 0.224 e. The number of nitriles is 1. The summed E-state index contributed by atoms with van der Waals surface area (Å²) in [6.07, 6.45) is 4.00. The Morgan fingerprint density at radius 3 is 2.67 bits per heavy atom. The Bertz CT molecular complexity index is 784. The van der Waals surface area contributed by atoms with Gasteiger partial charge in [0.15, 0.2) is 0 Å². The monoisotopic (exact) mass is 274 g/mol. The van der Waals surface area contributed by atoms with Crippen LogP contribution >= 0.6 is 0 Å². The van der Waals surface area contributed by atoms with Gasteiger partial charge in [0.05, 0.1) is 23.9 Å². The molecule has 1 aliphatic rings. The van der Waals surface area contributed by atoms with Crippen molar-refractivity contribution >= 4 is 23.7 Å². The summed E-state index contributed by atoms with van der Waals surface area (Å²) in [7, 11) is 0. The molecule has 0 unspecified atom stereocenters. The van der Waals surface area contributed by atoms with Crippen LogP contribution in [0.2, 0.25) is 0 Å². The number of benzene rings is 2. The Labute approximate surface area is 123 Å². The molecule has 3 nitrogen and oxygen atoms in total. The van der Waals surface area contributed by atoms with E-state index < -0.39 is 0 Å². The average Bonchev–Trinajstić information content (AvgIpc) is 2.49. The molecule has 0 atom stereocenters. The molecule has 1 heterocycles. The molecule has 3 heteroatoms. The number of hydrogen-bond donors (Lipinski definition) is 0. The second kappa shape index (κ2) is 5.26. The number of carbonyl (C=O) groups is 1. The maximum atomic E-state index is 12.0. The average molecular weight is 274 g/mol. The third-order valence-electron chi connectivity index (χ3n) is 3.65. The summed E-state index contributed by atoms with van der Waals surface area (Å²) in [4.78, 5) is 13.8. The van der Waals surface area contributed by atoms with Crippen LogP contribution in [0.15, 0.2) is 42.5 Å². The summed E-state index contributed by atoms with van der Waals surface area (Å²) >= 11 is 0. The van der Waals surface area contributed by atoms with Crippen LogP contribution in [0.1, 0.15) is 29.2 Å². The molecule has 1 amide bonds. The van der Waals surface area contributed by atoms with E-state index in [1.807, 2.05) is 48.6 Å². The van der Waals surface area contributed by atoms with Gasteiger partial charge in [0, 0.05) is 6.92 Å². The molecular formula is C18H14N2O. The van der Waals surface area contributed by atoms with E-state index in [1.54, 1.807) is 17.9 Å². The first-order chi connectivity index (χ1) is 10.2. The first-order valence-electron chi connectivity index (χ1n) is 6.77. The molecular weight excluding hydrogens is 260 g/mol. The van der Waals surface area contributed by atoms with Gasteiger partial charge < -0.3 is 4.90 Å². The van der Waals surface area contributed by atoms with Gasteiger partial charge in [-0.25, -0.2) is 0 Å². The van der Waals surface area contributed by atoms with Crippen LogP contribution in [-0.2, 0) is 11.3 Å². The SMILES string of the molecule is CC(=O)N1Cc2ccc(C#N)cc2C=Cc2ccccc21. The fourth-order valence-electron chi connectivity index (χ4n) is 2.55. The van der Waals surface area contributed by atoms with Crippen LogP contribution in [-0.4, -0.2) is 5.91 Å². The topological polar surface area (TPSA) is 44.1 Å². The van der Waals surface area contributed by atoms with E-state index in [9.17, 15) is 4.79 Å². The summed E-state index contributed by atoms with van der Waals surface area (Å²) in [5.41, 5.74) is 4.56. The molecule has 1 aliphatic heterocycles. The number of anilines is 1. The van der Waals surface area contributed by atoms with E-state index in [4.69, 9.17) is 5.26 Å². The number of amides is 1. The van der Waals surface area contributed by atoms with Crippen molar-refractivity contribution in [1.82, 2.24) is 0 Å². The van der Waals surface area contributed by atoms with Crippen molar-refractivity contribution in [2.24, 2.45) is 0 Å². The zero-order chi connectivity index (χ0) is 14.8. The lowest BCUT2D eigenvalue weighted by Crippen LogP contribution is -2.29. The quantitative estimate of drug-likeness (QED) is 0.736. The Balaban J connectivity index is 2.19. The molecule has 0 spiro atoms. The highest BCUT2D eigenvalue weighted by Gasteiger charge is 2.18. The first-order valence-corrected chi connectivity index (χ1v) is 6.77. The minimum atomic E-state index is 0.00746. The molecule has 0 bridgehead atoms.